The summed E-state index contributed by atoms with van der Waals surface area (Å²) in [6, 6.07) is 14.2. The lowest BCUT2D eigenvalue weighted by atomic mass is 10.2. The minimum atomic E-state index is 0.825. The summed E-state index contributed by atoms with van der Waals surface area (Å²) >= 11 is 0. The predicted molar refractivity (Wildman–Crippen MR) is 81.9 cm³/mol. The van der Waals surface area contributed by atoms with Crippen LogP contribution in [0.25, 0.3) is 16.6 Å². The van der Waals surface area contributed by atoms with Gasteiger partial charge in [-0.25, -0.2) is 4.68 Å². The number of hydrogen-bond donors (Lipinski definition) is 0. The van der Waals surface area contributed by atoms with E-state index in [2.05, 4.69) is 34.3 Å². The zero-order valence-corrected chi connectivity index (χ0v) is 11.9. The van der Waals surface area contributed by atoms with Gasteiger partial charge in [0.05, 0.1) is 18.3 Å². The molecule has 0 bridgehead atoms. The van der Waals surface area contributed by atoms with E-state index in [-0.39, 0.29) is 0 Å². The molecule has 102 valence electrons. The summed E-state index contributed by atoms with van der Waals surface area (Å²) in [5.41, 5.74) is 3.15. The molecule has 0 saturated carbocycles. The van der Waals surface area contributed by atoms with E-state index < -0.39 is 0 Å². The Balaban J connectivity index is 2.01. The van der Waals surface area contributed by atoms with Gasteiger partial charge in [-0.05, 0) is 36.4 Å². The fraction of sp³-hybridized carbons (Fsp3) is 0.188. The van der Waals surface area contributed by atoms with Crippen LogP contribution >= 0.6 is 0 Å². The molecule has 0 N–H and O–H groups in total. The summed E-state index contributed by atoms with van der Waals surface area (Å²) in [5.74, 6) is 0.825. The molecule has 0 unspecified atom stereocenters. The number of nitrogens with zero attached hydrogens (tertiary/aromatic N) is 3. The molecule has 0 amide bonds. The Morgan fingerprint density at radius 1 is 1.05 bits per heavy atom. The Bertz CT molecular complexity index is 729. The SMILES string of the molecule is COc1ccc2cn(-c3ccc(N(C)C)cc3)nc2c1. The fourth-order valence-electron chi connectivity index (χ4n) is 2.16. The lowest BCUT2D eigenvalue weighted by Gasteiger charge is -2.12. The zero-order chi connectivity index (χ0) is 14.1. The quantitative estimate of drug-likeness (QED) is 0.730. The molecule has 0 aliphatic heterocycles. The number of methoxy groups -OCH3 is 1. The zero-order valence-electron chi connectivity index (χ0n) is 11.9. The van der Waals surface area contributed by atoms with Crippen LogP contribution in [-0.4, -0.2) is 31.0 Å². The molecule has 1 aromatic heterocycles. The third kappa shape index (κ3) is 2.20. The second-order valence-corrected chi connectivity index (χ2v) is 4.91. The van der Waals surface area contributed by atoms with Crippen molar-refractivity contribution in [3.8, 4) is 11.4 Å². The Morgan fingerprint density at radius 2 is 1.80 bits per heavy atom. The molecule has 4 heteroatoms. The molecule has 3 aromatic rings. The highest BCUT2D eigenvalue weighted by atomic mass is 16.5. The molecule has 0 saturated heterocycles. The standard InChI is InChI=1S/C16H17N3O/c1-18(2)13-5-7-14(8-6-13)19-11-12-4-9-15(20-3)10-16(12)17-19/h4-11H,1-3H3. The van der Waals surface area contributed by atoms with Crippen LogP contribution in [0.4, 0.5) is 5.69 Å². The van der Waals surface area contributed by atoms with Crippen molar-refractivity contribution in [2.45, 2.75) is 0 Å². The molecular formula is C16H17N3O. The van der Waals surface area contributed by atoms with E-state index in [1.807, 2.05) is 43.2 Å². The summed E-state index contributed by atoms with van der Waals surface area (Å²) < 4.78 is 7.12. The van der Waals surface area contributed by atoms with Gasteiger partial charge < -0.3 is 9.64 Å². The van der Waals surface area contributed by atoms with Crippen LogP contribution in [0.3, 0.4) is 0 Å². The number of ether oxygens (including phenoxy) is 1. The molecular weight excluding hydrogens is 250 g/mol. The van der Waals surface area contributed by atoms with E-state index in [1.165, 1.54) is 5.69 Å². The number of benzene rings is 2. The van der Waals surface area contributed by atoms with E-state index in [4.69, 9.17) is 4.74 Å². The molecule has 4 nitrogen and oxygen atoms in total. The highest BCUT2D eigenvalue weighted by molar-refractivity contribution is 5.80. The van der Waals surface area contributed by atoms with E-state index in [1.54, 1.807) is 7.11 Å². The first-order valence-electron chi connectivity index (χ1n) is 6.48. The number of aromatic nitrogens is 2. The number of fused-ring (bicyclic) bond motifs is 1. The largest absolute Gasteiger partial charge is 0.497 e. The number of rotatable bonds is 3. The second-order valence-electron chi connectivity index (χ2n) is 4.91. The van der Waals surface area contributed by atoms with Crippen LogP contribution in [-0.2, 0) is 0 Å². The Kier molecular flexibility index (Phi) is 3.06. The van der Waals surface area contributed by atoms with Gasteiger partial charge in [0.1, 0.15) is 5.75 Å². The Morgan fingerprint density at radius 3 is 2.45 bits per heavy atom. The van der Waals surface area contributed by atoms with Crippen LogP contribution in [0.5, 0.6) is 5.75 Å². The second kappa shape index (κ2) is 4.89. The minimum Gasteiger partial charge on any atom is -0.497 e. The summed E-state index contributed by atoms with van der Waals surface area (Å²) in [5, 5.41) is 5.69. The van der Waals surface area contributed by atoms with E-state index in [0.717, 1.165) is 22.3 Å². The van der Waals surface area contributed by atoms with Crippen LogP contribution < -0.4 is 9.64 Å². The van der Waals surface area contributed by atoms with Crippen molar-refractivity contribution in [3.63, 3.8) is 0 Å². The van der Waals surface area contributed by atoms with Crippen molar-refractivity contribution >= 4 is 16.6 Å². The molecule has 1 heterocycles. The summed E-state index contributed by atoms with van der Waals surface area (Å²) in [7, 11) is 5.73. The van der Waals surface area contributed by atoms with Gasteiger partial charge >= 0.3 is 0 Å². The van der Waals surface area contributed by atoms with Gasteiger partial charge in [0.15, 0.2) is 0 Å². The topological polar surface area (TPSA) is 30.3 Å². The van der Waals surface area contributed by atoms with Gasteiger partial charge in [0.25, 0.3) is 0 Å². The Hall–Kier alpha value is -2.49. The monoisotopic (exact) mass is 267 g/mol. The van der Waals surface area contributed by atoms with Crippen molar-refractivity contribution in [3.05, 3.63) is 48.7 Å². The van der Waals surface area contributed by atoms with Crippen LogP contribution in [0, 0.1) is 0 Å². The first-order chi connectivity index (χ1) is 9.67. The third-order valence-electron chi connectivity index (χ3n) is 3.35. The van der Waals surface area contributed by atoms with Crippen molar-refractivity contribution in [2.75, 3.05) is 26.1 Å². The van der Waals surface area contributed by atoms with Crippen molar-refractivity contribution < 1.29 is 4.74 Å². The molecule has 0 atom stereocenters. The van der Waals surface area contributed by atoms with Gasteiger partial charge in [-0.1, -0.05) is 0 Å². The molecule has 0 fully saturated rings. The third-order valence-corrected chi connectivity index (χ3v) is 3.35. The van der Waals surface area contributed by atoms with Gasteiger partial charge in [-0.2, -0.15) is 5.10 Å². The lowest BCUT2D eigenvalue weighted by Crippen LogP contribution is -2.08. The molecule has 3 rings (SSSR count). The first kappa shape index (κ1) is 12.5. The maximum absolute atomic E-state index is 5.22. The number of hydrogen-bond acceptors (Lipinski definition) is 3. The van der Waals surface area contributed by atoms with Crippen molar-refractivity contribution in [1.82, 2.24) is 9.78 Å². The van der Waals surface area contributed by atoms with E-state index in [9.17, 15) is 0 Å². The summed E-state index contributed by atoms with van der Waals surface area (Å²) in [6.07, 6.45) is 2.03. The van der Waals surface area contributed by atoms with E-state index >= 15 is 0 Å². The van der Waals surface area contributed by atoms with Gasteiger partial charge in [-0.3, -0.25) is 0 Å². The smallest absolute Gasteiger partial charge is 0.121 e. The minimum absolute atomic E-state index is 0.825. The first-order valence-corrected chi connectivity index (χ1v) is 6.48. The maximum atomic E-state index is 5.22. The van der Waals surface area contributed by atoms with Crippen LogP contribution in [0.2, 0.25) is 0 Å². The average Bonchev–Trinajstić information content (AvgIpc) is 2.90. The van der Waals surface area contributed by atoms with Crippen LogP contribution in [0.15, 0.2) is 48.7 Å². The van der Waals surface area contributed by atoms with Crippen molar-refractivity contribution in [2.24, 2.45) is 0 Å². The fourth-order valence-corrected chi connectivity index (χ4v) is 2.16. The predicted octanol–water partition coefficient (Wildman–Crippen LogP) is 3.10. The molecule has 0 radical (unpaired) electrons. The Labute approximate surface area is 118 Å². The van der Waals surface area contributed by atoms with E-state index in [0.29, 0.717) is 0 Å². The molecule has 20 heavy (non-hydrogen) atoms. The molecule has 0 aliphatic rings. The normalized spacial score (nSPS) is 10.8. The van der Waals surface area contributed by atoms with Crippen LogP contribution in [0.1, 0.15) is 0 Å². The van der Waals surface area contributed by atoms with Crippen molar-refractivity contribution in [1.29, 1.82) is 0 Å². The average molecular weight is 267 g/mol. The highest BCUT2D eigenvalue weighted by Crippen LogP contribution is 2.22. The summed E-state index contributed by atoms with van der Waals surface area (Å²) in [6.45, 7) is 0. The number of anilines is 1. The van der Waals surface area contributed by atoms with Gasteiger partial charge in [-0.15, -0.1) is 0 Å². The lowest BCUT2D eigenvalue weighted by molar-refractivity contribution is 0.415. The van der Waals surface area contributed by atoms with Gasteiger partial charge in [0.2, 0.25) is 0 Å². The molecule has 0 spiro atoms. The van der Waals surface area contributed by atoms with Gasteiger partial charge in [0, 0.05) is 37.4 Å². The summed E-state index contributed by atoms with van der Waals surface area (Å²) in [4.78, 5) is 2.08. The highest BCUT2D eigenvalue weighted by Gasteiger charge is 2.04. The molecule has 2 aromatic carbocycles. The maximum Gasteiger partial charge on any atom is 0.121 e. The molecule has 0 aliphatic carbocycles.